The van der Waals surface area contributed by atoms with Gasteiger partial charge in [0.25, 0.3) is 0 Å². The number of terminal acetylenes is 1. The Morgan fingerprint density at radius 3 is 2.80 bits per heavy atom. The summed E-state index contributed by atoms with van der Waals surface area (Å²) in [4.78, 5) is 13.1. The van der Waals surface area contributed by atoms with E-state index >= 15 is 0 Å². The fourth-order valence-electron chi connectivity index (χ4n) is 1.75. The van der Waals surface area contributed by atoms with Crippen LogP contribution in [0.25, 0.3) is 0 Å². The number of nitrogens with zero attached hydrogens (tertiary/aromatic N) is 1. The Bertz CT molecular complexity index is 433. The first-order chi connectivity index (χ1) is 7.22. The van der Waals surface area contributed by atoms with Gasteiger partial charge in [0.15, 0.2) is 0 Å². The lowest BCUT2D eigenvalue weighted by atomic mass is 10.1. The number of aliphatic hydroxyl groups excluding tert-OH is 1. The third kappa shape index (κ3) is 1.72. The SMILES string of the molecule is C#Cc1ccccc1N1CC(O)CC1=O. The van der Waals surface area contributed by atoms with E-state index in [4.69, 9.17) is 6.42 Å². The highest BCUT2D eigenvalue weighted by atomic mass is 16.3. The molecule has 1 aliphatic rings. The third-order valence-electron chi connectivity index (χ3n) is 2.45. The molecule has 0 saturated carbocycles. The fraction of sp³-hybridized carbons (Fsp3) is 0.250. The first kappa shape index (κ1) is 9.75. The number of carbonyl (C=O) groups excluding carboxylic acids is 1. The van der Waals surface area contributed by atoms with Crippen molar-refractivity contribution in [1.82, 2.24) is 0 Å². The minimum atomic E-state index is -0.580. The molecule has 3 nitrogen and oxygen atoms in total. The van der Waals surface area contributed by atoms with E-state index in [9.17, 15) is 9.90 Å². The van der Waals surface area contributed by atoms with Gasteiger partial charge in [-0.25, -0.2) is 0 Å². The second-order valence-electron chi connectivity index (χ2n) is 3.52. The monoisotopic (exact) mass is 201 g/mol. The van der Waals surface area contributed by atoms with Gasteiger partial charge in [-0.05, 0) is 12.1 Å². The van der Waals surface area contributed by atoms with Gasteiger partial charge in [0, 0.05) is 5.56 Å². The zero-order chi connectivity index (χ0) is 10.8. The molecule has 1 unspecified atom stereocenters. The highest BCUT2D eigenvalue weighted by Gasteiger charge is 2.29. The van der Waals surface area contributed by atoms with E-state index in [-0.39, 0.29) is 12.3 Å². The summed E-state index contributed by atoms with van der Waals surface area (Å²) in [5, 5.41) is 9.38. The number of amides is 1. The average Bonchev–Trinajstić information content (AvgIpc) is 2.57. The Hall–Kier alpha value is -1.79. The molecule has 2 rings (SSSR count). The fourth-order valence-corrected chi connectivity index (χ4v) is 1.75. The van der Waals surface area contributed by atoms with Crippen LogP contribution >= 0.6 is 0 Å². The van der Waals surface area contributed by atoms with E-state index in [1.807, 2.05) is 12.1 Å². The van der Waals surface area contributed by atoms with Gasteiger partial charge in [0.1, 0.15) is 0 Å². The lowest BCUT2D eigenvalue weighted by Gasteiger charge is -2.17. The number of anilines is 1. The van der Waals surface area contributed by atoms with Crippen LogP contribution in [0.15, 0.2) is 24.3 Å². The van der Waals surface area contributed by atoms with Gasteiger partial charge in [0.2, 0.25) is 5.91 Å². The van der Waals surface area contributed by atoms with Crippen LogP contribution < -0.4 is 4.90 Å². The van der Waals surface area contributed by atoms with Crippen LogP contribution in [0.5, 0.6) is 0 Å². The van der Waals surface area contributed by atoms with Crippen LogP contribution in [0.4, 0.5) is 5.69 Å². The normalized spacial score (nSPS) is 20.4. The van der Waals surface area contributed by atoms with Gasteiger partial charge in [0.05, 0.1) is 24.8 Å². The van der Waals surface area contributed by atoms with E-state index in [0.29, 0.717) is 17.8 Å². The summed E-state index contributed by atoms with van der Waals surface area (Å²) in [6.07, 6.45) is 4.95. The summed E-state index contributed by atoms with van der Waals surface area (Å²) < 4.78 is 0. The number of hydrogen-bond donors (Lipinski definition) is 1. The third-order valence-corrected chi connectivity index (χ3v) is 2.45. The molecule has 0 bridgehead atoms. The Kier molecular flexibility index (Phi) is 2.44. The van der Waals surface area contributed by atoms with E-state index in [1.165, 1.54) is 0 Å². The Labute approximate surface area is 88.3 Å². The predicted molar refractivity (Wildman–Crippen MR) is 57.4 cm³/mol. The van der Waals surface area contributed by atoms with Crippen molar-refractivity contribution in [3.63, 3.8) is 0 Å². The second-order valence-corrected chi connectivity index (χ2v) is 3.52. The van der Waals surface area contributed by atoms with Crippen LogP contribution in [0, 0.1) is 12.3 Å². The molecule has 0 spiro atoms. The molecule has 1 aromatic carbocycles. The molecule has 1 aliphatic heterocycles. The molecule has 0 radical (unpaired) electrons. The minimum Gasteiger partial charge on any atom is -0.391 e. The maximum Gasteiger partial charge on any atom is 0.229 e. The first-order valence-electron chi connectivity index (χ1n) is 4.76. The summed E-state index contributed by atoms with van der Waals surface area (Å²) in [6, 6.07) is 7.24. The molecule has 3 heteroatoms. The highest BCUT2D eigenvalue weighted by molar-refractivity contribution is 5.97. The van der Waals surface area contributed by atoms with Crippen LogP contribution in [0.3, 0.4) is 0 Å². The Morgan fingerprint density at radius 2 is 2.20 bits per heavy atom. The number of para-hydroxylation sites is 1. The predicted octanol–water partition coefficient (Wildman–Crippen LogP) is 0.766. The van der Waals surface area contributed by atoms with Gasteiger partial charge in [-0.3, -0.25) is 4.79 Å². The molecule has 0 aliphatic carbocycles. The van der Waals surface area contributed by atoms with Crippen molar-refractivity contribution in [1.29, 1.82) is 0 Å². The molecule has 1 aromatic rings. The summed E-state index contributed by atoms with van der Waals surface area (Å²) in [6.45, 7) is 0.331. The minimum absolute atomic E-state index is 0.0785. The summed E-state index contributed by atoms with van der Waals surface area (Å²) in [5.41, 5.74) is 1.39. The van der Waals surface area contributed by atoms with Crippen molar-refractivity contribution in [2.75, 3.05) is 11.4 Å². The van der Waals surface area contributed by atoms with Crippen molar-refractivity contribution >= 4 is 11.6 Å². The largest absolute Gasteiger partial charge is 0.391 e. The van der Waals surface area contributed by atoms with Crippen LogP contribution in [-0.4, -0.2) is 23.7 Å². The summed E-state index contributed by atoms with van der Waals surface area (Å²) in [7, 11) is 0. The molecule has 1 atom stereocenters. The smallest absolute Gasteiger partial charge is 0.229 e. The number of benzene rings is 1. The topological polar surface area (TPSA) is 40.5 Å². The average molecular weight is 201 g/mol. The number of hydrogen-bond acceptors (Lipinski definition) is 2. The molecule has 15 heavy (non-hydrogen) atoms. The summed E-state index contributed by atoms with van der Waals surface area (Å²) in [5.74, 6) is 2.45. The number of β-amino-alcohol motifs (C(OH)–C–C–N with tert-alkyl or cyclic N) is 1. The Morgan fingerprint density at radius 1 is 1.47 bits per heavy atom. The van der Waals surface area contributed by atoms with Crippen LogP contribution in [0.1, 0.15) is 12.0 Å². The first-order valence-corrected chi connectivity index (χ1v) is 4.76. The van der Waals surface area contributed by atoms with Gasteiger partial charge >= 0.3 is 0 Å². The van der Waals surface area contributed by atoms with Crippen LogP contribution in [-0.2, 0) is 4.79 Å². The van der Waals surface area contributed by atoms with Crippen molar-refractivity contribution < 1.29 is 9.90 Å². The molecule has 0 aromatic heterocycles. The molecule has 1 heterocycles. The van der Waals surface area contributed by atoms with E-state index in [2.05, 4.69) is 5.92 Å². The van der Waals surface area contributed by atoms with Crippen molar-refractivity contribution in [2.24, 2.45) is 0 Å². The number of carbonyl (C=O) groups is 1. The van der Waals surface area contributed by atoms with Crippen molar-refractivity contribution in [2.45, 2.75) is 12.5 Å². The second kappa shape index (κ2) is 3.76. The van der Waals surface area contributed by atoms with Crippen molar-refractivity contribution in [3.8, 4) is 12.3 Å². The van der Waals surface area contributed by atoms with E-state index in [0.717, 1.165) is 0 Å². The molecule has 76 valence electrons. The quantitative estimate of drug-likeness (QED) is 0.682. The molecule has 1 fully saturated rings. The highest BCUT2D eigenvalue weighted by Crippen LogP contribution is 2.24. The lowest BCUT2D eigenvalue weighted by Crippen LogP contribution is -2.25. The number of rotatable bonds is 1. The summed E-state index contributed by atoms with van der Waals surface area (Å²) >= 11 is 0. The molecule has 1 N–H and O–H groups in total. The molecule has 1 amide bonds. The standard InChI is InChI=1S/C12H11NO2/c1-2-9-5-3-4-6-11(9)13-8-10(14)7-12(13)15/h1,3-6,10,14H,7-8H2. The Balaban J connectivity index is 2.38. The molecule has 1 saturated heterocycles. The number of aliphatic hydroxyl groups is 1. The van der Waals surface area contributed by atoms with E-state index in [1.54, 1.807) is 17.0 Å². The maximum absolute atomic E-state index is 11.6. The molecular weight excluding hydrogens is 190 g/mol. The lowest BCUT2D eigenvalue weighted by molar-refractivity contribution is -0.117. The van der Waals surface area contributed by atoms with Crippen molar-refractivity contribution in [3.05, 3.63) is 29.8 Å². The zero-order valence-corrected chi connectivity index (χ0v) is 8.18. The van der Waals surface area contributed by atoms with Gasteiger partial charge in [-0.15, -0.1) is 6.42 Å². The van der Waals surface area contributed by atoms with Crippen LogP contribution in [0.2, 0.25) is 0 Å². The van der Waals surface area contributed by atoms with Gasteiger partial charge in [-0.2, -0.15) is 0 Å². The molecular formula is C12H11NO2. The zero-order valence-electron chi connectivity index (χ0n) is 8.18. The maximum atomic E-state index is 11.6. The van der Waals surface area contributed by atoms with Gasteiger partial charge in [-0.1, -0.05) is 18.1 Å². The van der Waals surface area contributed by atoms with Gasteiger partial charge < -0.3 is 10.0 Å². The van der Waals surface area contributed by atoms with E-state index < -0.39 is 6.10 Å².